The molecule has 100 valence electrons. The zero-order chi connectivity index (χ0) is 13.2. The first-order valence-corrected chi connectivity index (χ1v) is 6.82. The van der Waals surface area contributed by atoms with Crippen LogP contribution in [-0.2, 0) is 0 Å². The summed E-state index contributed by atoms with van der Waals surface area (Å²) in [7, 11) is 4.22. The molecule has 1 saturated heterocycles. The largest absolute Gasteiger partial charge is 0.376 e. The predicted molar refractivity (Wildman–Crippen MR) is 79.7 cm³/mol. The molecule has 0 radical (unpaired) electrons. The summed E-state index contributed by atoms with van der Waals surface area (Å²) in [6.07, 6.45) is 1.16. The van der Waals surface area contributed by atoms with Crippen molar-refractivity contribution in [2.75, 3.05) is 43.5 Å². The molecular weight excluding hydrogens is 222 g/mol. The Morgan fingerprint density at radius 1 is 1.33 bits per heavy atom. The molecule has 0 spiro atoms. The predicted octanol–water partition coefficient (Wildman–Crippen LogP) is 2.33. The molecule has 0 saturated carbocycles. The van der Waals surface area contributed by atoms with Crippen LogP contribution in [0.2, 0.25) is 0 Å². The summed E-state index contributed by atoms with van der Waals surface area (Å²) in [4.78, 5) is 4.70. The zero-order valence-corrected chi connectivity index (χ0v) is 12.0. The molecule has 1 unspecified atom stereocenters. The van der Waals surface area contributed by atoms with Gasteiger partial charge in [0, 0.05) is 39.3 Å². The van der Waals surface area contributed by atoms with Gasteiger partial charge >= 0.3 is 0 Å². The zero-order valence-electron chi connectivity index (χ0n) is 12.0. The maximum absolute atomic E-state index is 3.64. The number of piperazine rings is 1. The van der Waals surface area contributed by atoms with Crippen LogP contribution in [0.25, 0.3) is 0 Å². The van der Waals surface area contributed by atoms with Gasteiger partial charge in [-0.05, 0) is 25.5 Å². The molecule has 1 N–H and O–H groups in total. The third-order valence-electron chi connectivity index (χ3n) is 3.96. The number of hydrogen-bond acceptors (Lipinski definition) is 3. The van der Waals surface area contributed by atoms with Crippen molar-refractivity contribution in [3.05, 3.63) is 24.3 Å². The highest BCUT2D eigenvalue weighted by molar-refractivity contribution is 5.71. The Morgan fingerprint density at radius 2 is 2.06 bits per heavy atom. The van der Waals surface area contributed by atoms with Crippen molar-refractivity contribution in [1.82, 2.24) is 5.32 Å². The van der Waals surface area contributed by atoms with E-state index in [1.54, 1.807) is 0 Å². The molecule has 1 aromatic carbocycles. The van der Waals surface area contributed by atoms with Crippen LogP contribution in [-0.4, -0.2) is 39.3 Å². The fourth-order valence-electron chi connectivity index (χ4n) is 2.60. The summed E-state index contributed by atoms with van der Waals surface area (Å²) in [5.41, 5.74) is 2.89. The molecule has 1 aliphatic heterocycles. The highest BCUT2D eigenvalue weighted by Gasteiger charge is 2.29. The van der Waals surface area contributed by atoms with Crippen LogP contribution in [0.5, 0.6) is 0 Å². The van der Waals surface area contributed by atoms with Gasteiger partial charge in [0.15, 0.2) is 0 Å². The summed E-state index contributed by atoms with van der Waals surface area (Å²) < 4.78 is 0. The van der Waals surface area contributed by atoms with Crippen LogP contribution < -0.4 is 15.1 Å². The Balaban J connectivity index is 2.26. The van der Waals surface area contributed by atoms with Gasteiger partial charge in [0.25, 0.3) is 0 Å². The molecule has 1 aliphatic rings. The topological polar surface area (TPSA) is 18.5 Å². The Kier molecular flexibility index (Phi) is 3.81. The number of nitrogens with one attached hydrogen (secondary N) is 1. The maximum atomic E-state index is 3.64. The maximum Gasteiger partial charge on any atom is 0.0604 e. The SMILES string of the molecule is CCC1(C)CN(c2ccccc2N(C)C)CCN1. The lowest BCUT2D eigenvalue weighted by Crippen LogP contribution is -2.58. The molecule has 1 aromatic rings. The molecule has 2 rings (SSSR count). The number of rotatable bonds is 3. The van der Waals surface area contributed by atoms with E-state index in [1.165, 1.54) is 11.4 Å². The molecule has 0 amide bonds. The van der Waals surface area contributed by atoms with Crippen molar-refractivity contribution < 1.29 is 0 Å². The number of para-hydroxylation sites is 2. The third-order valence-corrected chi connectivity index (χ3v) is 3.96. The molecule has 0 aromatic heterocycles. The van der Waals surface area contributed by atoms with E-state index in [1.807, 2.05) is 0 Å². The van der Waals surface area contributed by atoms with Gasteiger partial charge in [0.2, 0.25) is 0 Å². The van der Waals surface area contributed by atoms with E-state index in [9.17, 15) is 0 Å². The number of benzene rings is 1. The van der Waals surface area contributed by atoms with E-state index in [0.717, 1.165) is 26.1 Å². The van der Waals surface area contributed by atoms with Crippen LogP contribution in [0.3, 0.4) is 0 Å². The van der Waals surface area contributed by atoms with Crippen molar-refractivity contribution in [3.63, 3.8) is 0 Å². The van der Waals surface area contributed by atoms with Gasteiger partial charge in [-0.2, -0.15) is 0 Å². The molecule has 3 heteroatoms. The van der Waals surface area contributed by atoms with E-state index in [0.29, 0.717) is 0 Å². The summed E-state index contributed by atoms with van der Waals surface area (Å²) in [5, 5.41) is 3.64. The van der Waals surface area contributed by atoms with E-state index < -0.39 is 0 Å². The lowest BCUT2D eigenvalue weighted by Gasteiger charge is -2.43. The smallest absolute Gasteiger partial charge is 0.0604 e. The number of nitrogens with zero attached hydrogens (tertiary/aromatic N) is 2. The second kappa shape index (κ2) is 5.19. The normalized spacial score (nSPS) is 24.1. The van der Waals surface area contributed by atoms with Gasteiger partial charge in [-0.1, -0.05) is 19.1 Å². The van der Waals surface area contributed by atoms with Crippen molar-refractivity contribution in [2.24, 2.45) is 0 Å². The van der Waals surface area contributed by atoms with Gasteiger partial charge in [0.1, 0.15) is 0 Å². The Hall–Kier alpha value is -1.22. The Morgan fingerprint density at radius 3 is 2.72 bits per heavy atom. The highest BCUT2D eigenvalue weighted by atomic mass is 15.2. The quantitative estimate of drug-likeness (QED) is 0.884. The van der Waals surface area contributed by atoms with Crippen molar-refractivity contribution in [1.29, 1.82) is 0 Å². The summed E-state index contributed by atoms with van der Waals surface area (Å²) in [6, 6.07) is 8.67. The highest BCUT2D eigenvalue weighted by Crippen LogP contribution is 2.30. The van der Waals surface area contributed by atoms with E-state index in [-0.39, 0.29) is 5.54 Å². The summed E-state index contributed by atoms with van der Waals surface area (Å²) in [5.74, 6) is 0. The summed E-state index contributed by atoms with van der Waals surface area (Å²) >= 11 is 0. The second-order valence-electron chi connectivity index (χ2n) is 5.65. The summed E-state index contributed by atoms with van der Waals surface area (Å²) in [6.45, 7) is 7.80. The standard InChI is InChI=1S/C15H25N3/c1-5-15(2)12-18(11-10-16-15)14-9-7-6-8-13(14)17(3)4/h6-9,16H,5,10-12H2,1-4H3. The fraction of sp³-hybridized carbons (Fsp3) is 0.600. The minimum atomic E-state index is 0.234. The van der Waals surface area contributed by atoms with E-state index in [2.05, 4.69) is 67.3 Å². The molecular formula is C15H25N3. The second-order valence-corrected chi connectivity index (χ2v) is 5.65. The van der Waals surface area contributed by atoms with E-state index >= 15 is 0 Å². The van der Waals surface area contributed by atoms with Gasteiger partial charge in [-0.25, -0.2) is 0 Å². The minimum Gasteiger partial charge on any atom is -0.376 e. The van der Waals surface area contributed by atoms with Crippen LogP contribution in [0.1, 0.15) is 20.3 Å². The van der Waals surface area contributed by atoms with Gasteiger partial charge < -0.3 is 15.1 Å². The average molecular weight is 247 g/mol. The van der Waals surface area contributed by atoms with Crippen LogP contribution in [0, 0.1) is 0 Å². The van der Waals surface area contributed by atoms with Gasteiger partial charge in [-0.3, -0.25) is 0 Å². The molecule has 0 aliphatic carbocycles. The fourth-order valence-corrected chi connectivity index (χ4v) is 2.60. The number of anilines is 2. The molecule has 1 fully saturated rings. The number of hydrogen-bond donors (Lipinski definition) is 1. The van der Waals surface area contributed by atoms with Crippen molar-refractivity contribution in [2.45, 2.75) is 25.8 Å². The average Bonchev–Trinajstić information content (AvgIpc) is 2.39. The van der Waals surface area contributed by atoms with E-state index in [4.69, 9.17) is 0 Å². The van der Waals surface area contributed by atoms with Crippen LogP contribution in [0.4, 0.5) is 11.4 Å². The molecule has 1 heterocycles. The minimum absolute atomic E-state index is 0.234. The van der Waals surface area contributed by atoms with Crippen LogP contribution >= 0.6 is 0 Å². The Labute approximate surface area is 111 Å². The van der Waals surface area contributed by atoms with Crippen molar-refractivity contribution in [3.8, 4) is 0 Å². The molecule has 3 nitrogen and oxygen atoms in total. The first kappa shape index (κ1) is 13.2. The lowest BCUT2D eigenvalue weighted by atomic mass is 9.95. The van der Waals surface area contributed by atoms with Crippen LogP contribution in [0.15, 0.2) is 24.3 Å². The lowest BCUT2D eigenvalue weighted by molar-refractivity contribution is 0.314. The first-order valence-electron chi connectivity index (χ1n) is 6.82. The molecule has 0 bridgehead atoms. The monoisotopic (exact) mass is 247 g/mol. The molecule has 18 heavy (non-hydrogen) atoms. The molecule has 1 atom stereocenters. The van der Waals surface area contributed by atoms with Gasteiger partial charge in [0.05, 0.1) is 11.4 Å². The van der Waals surface area contributed by atoms with Gasteiger partial charge in [-0.15, -0.1) is 0 Å². The van der Waals surface area contributed by atoms with Crippen molar-refractivity contribution >= 4 is 11.4 Å². The Bertz CT molecular complexity index is 402. The third kappa shape index (κ3) is 2.61. The first-order chi connectivity index (χ1) is 8.56.